The van der Waals surface area contributed by atoms with Gasteiger partial charge in [-0.05, 0) is 49.2 Å². The van der Waals surface area contributed by atoms with E-state index in [4.69, 9.17) is 4.84 Å². The van der Waals surface area contributed by atoms with Crippen LogP contribution in [0.15, 0.2) is 62.3 Å². The second-order valence-corrected chi connectivity index (χ2v) is 9.25. The normalized spacial score (nSPS) is 11.3. The van der Waals surface area contributed by atoms with Crippen molar-refractivity contribution in [3.05, 3.63) is 67.7 Å². The molecular formula is C23H20Br2N2O5. The van der Waals surface area contributed by atoms with Crippen LogP contribution in [0.3, 0.4) is 0 Å². The first-order chi connectivity index (χ1) is 15.3. The molecule has 32 heavy (non-hydrogen) atoms. The highest BCUT2D eigenvalue weighted by atomic mass is 79.9. The lowest BCUT2D eigenvalue weighted by Crippen LogP contribution is -2.18. The molecule has 0 radical (unpaired) electrons. The fourth-order valence-corrected chi connectivity index (χ4v) is 4.45. The largest absolute Gasteiger partial charge is 0.492 e. The van der Waals surface area contributed by atoms with Gasteiger partial charge < -0.3 is 19.6 Å². The van der Waals surface area contributed by atoms with Crippen molar-refractivity contribution in [1.29, 1.82) is 0 Å². The van der Waals surface area contributed by atoms with Gasteiger partial charge in [-0.3, -0.25) is 4.79 Å². The third-order valence-corrected chi connectivity index (χ3v) is 6.23. The number of benzene rings is 2. The predicted octanol–water partition coefficient (Wildman–Crippen LogP) is 5.11. The molecule has 7 nitrogen and oxygen atoms in total. The number of nitrogens with zero attached hydrogens (tertiary/aromatic N) is 2. The van der Waals surface area contributed by atoms with Gasteiger partial charge in [-0.25, -0.2) is 4.79 Å². The number of hydrogen-bond acceptors (Lipinski definition) is 5. The van der Waals surface area contributed by atoms with E-state index < -0.39 is 5.97 Å². The molecule has 2 N–H and O–H groups in total. The fourth-order valence-electron chi connectivity index (χ4n) is 3.73. The number of fused-ring (bicyclic) bond motifs is 2. The molecule has 0 atom stereocenters. The van der Waals surface area contributed by atoms with Crippen molar-refractivity contribution in [2.24, 2.45) is 0 Å². The molecule has 0 fully saturated rings. The van der Waals surface area contributed by atoms with E-state index in [1.807, 2.05) is 36.4 Å². The Kier molecular flexibility index (Phi) is 6.57. The summed E-state index contributed by atoms with van der Waals surface area (Å²) in [5.41, 5.74) is 1.73. The molecule has 2 aromatic heterocycles. The van der Waals surface area contributed by atoms with Crippen molar-refractivity contribution in [2.45, 2.75) is 32.2 Å². The molecular weight excluding hydrogens is 544 g/mol. The number of carbonyl (C=O) groups excluding carboxylic acids is 1. The summed E-state index contributed by atoms with van der Waals surface area (Å²) in [6.07, 6.45) is 2.31. The van der Waals surface area contributed by atoms with E-state index in [2.05, 4.69) is 36.4 Å². The third-order valence-electron chi connectivity index (χ3n) is 5.24. The maximum Gasteiger partial charge on any atom is 0.333 e. The second kappa shape index (κ2) is 9.38. The van der Waals surface area contributed by atoms with E-state index in [1.54, 1.807) is 0 Å². The van der Waals surface area contributed by atoms with Crippen molar-refractivity contribution in [2.75, 3.05) is 0 Å². The summed E-state index contributed by atoms with van der Waals surface area (Å²) in [6, 6.07) is 13.9. The van der Waals surface area contributed by atoms with Crippen molar-refractivity contribution >= 4 is 59.6 Å². The summed E-state index contributed by atoms with van der Waals surface area (Å²) in [6.45, 7) is 0.685. The quantitative estimate of drug-likeness (QED) is 0.241. The third kappa shape index (κ3) is 4.54. The minimum absolute atomic E-state index is 0.00638. The smallest absolute Gasteiger partial charge is 0.333 e. The van der Waals surface area contributed by atoms with Crippen LogP contribution in [0.5, 0.6) is 11.8 Å². The van der Waals surface area contributed by atoms with Crippen LogP contribution in [0, 0.1) is 0 Å². The van der Waals surface area contributed by atoms with E-state index >= 15 is 0 Å². The molecule has 0 aliphatic heterocycles. The van der Waals surface area contributed by atoms with Gasteiger partial charge in [-0.1, -0.05) is 38.3 Å². The van der Waals surface area contributed by atoms with Gasteiger partial charge in [0, 0.05) is 44.8 Å². The Balaban J connectivity index is 1.46. The minimum Gasteiger partial charge on any atom is -0.492 e. The first kappa shape index (κ1) is 22.4. The highest BCUT2D eigenvalue weighted by Gasteiger charge is 2.13. The Morgan fingerprint density at radius 2 is 1.41 bits per heavy atom. The zero-order valence-electron chi connectivity index (χ0n) is 16.9. The molecule has 0 unspecified atom stereocenters. The van der Waals surface area contributed by atoms with Crippen LogP contribution in [-0.4, -0.2) is 25.5 Å². The molecule has 0 bridgehead atoms. The molecule has 2 heterocycles. The Bertz CT molecular complexity index is 1290. The summed E-state index contributed by atoms with van der Waals surface area (Å²) < 4.78 is 4.53. The molecule has 0 saturated heterocycles. The van der Waals surface area contributed by atoms with Gasteiger partial charge in [0.25, 0.3) is 0 Å². The standard InChI is InChI=1S/C23H20Br2N2O5/c24-14-5-7-18-16(12-14)23(31)17-13-15(25)6-8-19(17)26(18)11-3-1-2-4-22(30)32-27-20(28)9-10-21(27)29/h5-10,12-13,28-29H,1-4,11H2. The molecule has 166 valence electrons. The van der Waals surface area contributed by atoms with E-state index in [-0.39, 0.29) is 23.6 Å². The molecule has 9 heteroatoms. The van der Waals surface area contributed by atoms with Gasteiger partial charge in [-0.15, -0.1) is 4.73 Å². The van der Waals surface area contributed by atoms with Crippen molar-refractivity contribution < 1.29 is 19.8 Å². The number of pyridine rings is 1. The molecule has 0 saturated carbocycles. The molecule has 0 aliphatic carbocycles. The number of carbonyl (C=O) groups is 1. The van der Waals surface area contributed by atoms with Crippen molar-refractivity contribution in [1.82, 2.24) is 9.30 Å². The topological polar surface area (TPSA) is 93.7 Å². The predicted molar refractivity (Wildman–Crippen MR) is 129 cm³/mol. The zero-order chi connectivity index (χ0) is 22.8. The summed E-state index contributed by atoms with van der Waals surface area (Å²) in [4.78, 5) is 30.0. The minimum atomic E-state index is -0.541. The van der Waals surface area contributed by atoms with Crippen LogP contribution in [0.4, 0.5) is 0 Å². The van der Waals surface area contributed by atoms with Crippen LogP contribution >= 0.6 is 31.9 Å². The summed E-state index contributed by atoms with van der Waals surface area (Å²) in [7, 11) is 0. The average molecular weight is 564 g/mol. The fraction of sp³-hybridized carbons (Fsp3) is 0.217. The second-order valence-electron chi connectivity index (χ2n) is 7.42. The molecule has 0 spiro atoms. The van der Waals surface area contributed by atoms with Crippen LogP contribution in [0.2, 0.25) is 0 Å². The number of unbranched alkanes of at least 4 members (excludes halogenated alkanes) is 2. The molecule has 2 aromatic carbocycles. The SMILES string of the molecule is O=C(CCCCCn1c2ccc(Br)cc2c(=O)c2cc(Br)ccc21)On1c(O)ccc1O. The van der Waals surface area contributed by atoms with Crippen molar-refractivity contribution in [3.8, 4) is 11.8 Å². The lowest BCUT2D eigenvalue weighted by Gasteiger charge is -2.15. The maximum absolute atomic E-state index is 13.0. The Morgan fingerprint density at radius 3 is 1.97 bits per heavy atom. The van der Waals surface area contributed by atoms with Gasteiger partial charge in [0.15, 0.2) is 5.43 Å². The lowest BCUT2D eigenvalue weighted by atomic mass is 10.1. The van der Waals surface area contributed by atoms with Crippen LogP contribution in [-0.2, 0) is 11.3 Å². The number of aromatic nitrogens is 2. The van der Waals surface area contributed by atoms with Crippen LogP contribution < -0.4 is 10.3 Å². The van der Waals surface area contributed by atoms with Crippen LogP contribution in [0.1, 0.15) is 25.7 Å². The van der Waals surface area contributed by atoms with Crippen LogP contribution in [0.25, 0.3) is 21.8 Å². The Hall–Kier alpha value is -2.78. The first-order valence-electron chi connectivity index (χ1n) is 10.1. The van der Waals surface area contributed by atoms with E-state index in [1.165, 1.54) is 12.1 Å². The Morgan fingerprint density at radius 1 is 0.844 bits per heavy atom. The van der Waals surface area contributed by atoms with Gasteiger partial charge in [0.2, 0.25) is 11.8 Å². The van der Waals surface area contributed by atoms with E-state index in [9.17, 15) is 19.8 Å². The number of hydrogen-bond donors (Lipinski definition) is 2. The Labute approximate surface area is 200 Å². The summed E-state index contributed by atoms with van der Waals surface area (Å²) in [5.74, 6) is -1.22. The first-order valence-corrected chi connectivity index (χ1v) is 11.7. The van der Waals surface area contributed by atoms with E-state index in [0.29, 0.717) is 28.5 Å². The van der Waals surface area contributed by atoms with Gasteiger partial charge >= 0.3 is 5.97 Å². The number of halogens is 2. The van der Waals surface area contributed by atoms with Gasteiger partial charge in [-0.2, -0.15) is 0 Å². The van der Waals surface area contributed by atoms with E-state index in [0.717, 1.165) is 32.8 Å². The number of aryl methyl sites for hydroxylation is 1. The molecule has 0 amide bonds. The van der Waals surface area contributed by atoms with Gasteiger partial charge in [0.05, 0.1) is 11.0 Å². The summed E-state index contributed by atoms with van der Waals surface area (Å²) >= 11 is 6.90. The molecule has 0 aliphatic rings. The zero-order valence-corrected chi connectivity index (χ0v) is 20.1. The highest BCUT2D eigenvalue weighted by Crippen LogP contribution is 2.25. The lowest BCUT2D eigenvalue weighted by molar-refractivity contribution is -0.145. The highest BCUT2D eigenvalue weighted by molar-refractivity contribution is 9.10. The molecule has 4 aromatic rings. The van der Waals surface area contributed by atoms with Crippen molar-refractivity contribution in [3.63, 3.8) is 0 Å². The maximum atomic E-state index is 13.0. The molecule has 4 rings (SSSR count). The number of rotatable bonds is 7. The van der Waals surface area contributed by atoms with Gasteiger partial charge in [0.1, 0.15) is 0 Å². The summed E-state index contributed by atoms with van der Waals surface area (Å²) in [5, 5.41) is 20.4. The monoisotopic (exact) mass is 562 g/mol. The average Bonchev–Trinajstić information content (AvgIpc) is 3.08. The number of aromatic hydroxyl groups is 2.